The number of nitrogens with two attached hydrogens (primary N) is 1. The van der Waals surface area contributed by atoms with E-state index in [4.69, 9.17) is 28.9 Å². The first-order chi connectivity index (χ1) is 16.9. The molecule has 178 valence electrons. The Labute approximate surface area is 213 Å². The summed E-state index contributed by atoms with van der Waals surface area (Å²) in [6, 6.07) is 18.1. The maximum absolute atomic E-state index is 13.0. The Hall–Kier alpha value is -3.32. The van der Waals surface area contributed by atoms with Crippen LogP contribution in [-0.2, 0) is 35.5 Å². The zero-order valence-corrected chi connectivity index (χ0v) is 20.4. The number of H-pyrrole nitrogens is 1. The summed E-state index contributed by atoms with van der Waals surface area (Å²) in [5, 5.41) is 5.06. The van der Waals surface area contributed by atoms with Crippen molar-refractivity contribution in [2.75, 3.05) is 5.32 Å². The third-order valence-electron chi connectivity index (χ3n) is 6.32. The van der Waals surface area contributed by atoms with Crippen molar-refractivity contribution in [3.05, 3.63) is 99.2 Å². The number of carbonyl (C=O) groups is 2. The van der Waals surface area contributed by atoms with E-state index < -0.39 is 6.04 Å². The molecule has 0 saturated carbocycles. The number of hydrogen-bond donors (Lipinski definition) is 3. The number of hydrogen-bond acceptors (Lipinski definition) is 3. The van der Waals surface area contributed by atoms with E-state index in [-0.39, 0.29) is 18.2 Å². The van der Waals surface area contributed by atoms with Gasteiger partial charge in [-0.2, -0.15) is 0 Å². The van der Waals surface area contributed by atoms with Gasteiger partial charge in [-0.1, -0.05) is 53.5 Å². The smallest absolute Gasteiger partial charge is 0.240 e. The normalized spacial score (nSPS) is 13.6. The highest BCUT2D eigenvalue weighted by Gasteiger charge is 2.28. The number of fused-ring (bicyclic) bond motifs is 2. The summed E-state index contributed by atoms with van der Waals surface area (Å²) in [6.07, 6.45) is 2.47. The van der Waals surface area contributed by atoms with Gasteiger partial charge in [0, 0.05) is 45.9 Å². The van der Waals surface area contributed by atoms with Crippen molar-refractivity contribution in [3.8, 4) is 0 Å². The van der Waals surface area contributed by atoms with Gasteiger partial charge in [-0.05, 0) is 59.0 Å². The second kappa shape index (κ2) is 9.74. The van der Waals surface area contributed by atoms with Crippen LogP contribution in [0.5, 0.6) is 0 Å². The minimum atomic E-state index is -0.710. The van der Waals surface area contributed by atoms with E-state index in [0.29, 0.717) is 35.2 Å². The van der Waals surface area contributed by atoms with Gasteiger partial charge < -0.3 is 20.9 Å². The van der Waals surface area contributed by atoms with Crippen molar-refractivity contribution in [1.82, 2.24) is 9.88 Å². The molecule has 8 heteroatoms. The highest BCUT2D eigenvalue weighted by Crippen LogP contribution is 2.28. The highest BCUT2D eigenvalue weighted by molar-refractivity contribution is 6.35. The molecule has 0 fully saturated rings. The molecule has 3 aromatic carbocycles. The number of nitrogens with zero attached hydrogens (tertiary/aromatic N) is 1. The lowest BCUT2D eigenvalue weighted by Gasteiger charge is -2.20. The number of benzene rings is 3. The fourth-order valence-corrected chi connectivity index (χ4v) is 5.02. The number of amides is 2. The van der Waals surface area contributed by atoms with E-state index in [1.165, 1.54) is 0 Å². The van der Waals surface area contributed by atoms with Crippen LogP contribution in [0, 0.1) is 0 Å². The van der Waals surface area contributed by atoms with Crippen LogP contribution >= 0.6 is 23.2 Å². The first-order valence-corrected chi connectivity index (χ1v) is 12.1. The molecule has 2 amide bonds. The lowest BCUT2D eigenvalue weighted by molar-refractivity contribution is -0.133. The molecule has 35 heavy (non-hydrogen) atoms. The van der Waals surface area contributed by atoms with Crippen LogP contribution in [0.3, 0.4) is 0 Å². The molecule has 4 aromatic rings. The number of anilines is 1. The topological polar surface area (TPSA) is 91.2 Å². The number of para-hydroxylation sites is 1. The molecule has 1 aliphatic rings. The first kappa shape index (κ1) is 23.4. The van der Waals surface area contributed by atoms with Crippen LogP contribution < -0.4 is 11.1 Å². The van der Waals surface area contributed by atoms with Gasteiger partial charge in [0.05, 0.1) is 12.5 Å². The molecule has 1 atom stereocenters. The molecular formula is C27H24Cl2N4O2. The second-order valence-electron chi connectivity index (χ2n) is 8.81. The number of aromatic nitrogens is 1. The zero-order chi connectivity index (χ0) is 24.5. The third-order valence-corrected chi connectivity index (χ3v) is 6.91. The molecular weight excluding hydrogens is 483 g/mol. The number of rotatable bonds is 6. The molecule has 1 aromatic heterocycles. The molecule has 0 aliphatic carbocycles. The maximum atomic E-state index is 13.0. The predicted molar refractivity (Wildman–Crippen MR) is 139 cm³/mol. The quantitative estimate of drug-likeness (QED) is 0.341. The molecule has 4 N–H and O–H groups in total. The van der Waals surface area contributed by atoms with Crippen LogP contribution in [0.25, 0.3) is 10.9 Å². The Kier molecular flexibility index (Phi) is 6.52. The predicted octanol–water partition coefficient (Wildman–Crippen LogP) is 5.07. The fourth-order valence-electron chi connectivity index (χ4n) is 4.53. The van der Waals surface area contributed by atoms with Crippen molar-refractivity contribution >= 4 is 51.6 Å². The van der Waals surface area contributed by atoms with Crippen molar-refractivity contribution in [1.29, 1.82) is 0 Å². The van der Waals surface area contributed by atoms with Crippen molar-refractivity contribution in [3.63, 3.8) is 0 Å². The van der Waals surface area contributed by atoms with Gasteiger partial charge in [0.2, 0.25) is 11.8 Å². The number of aromatic amines is 1. The first-order valence-electron chi connectivity index (χ1n) is 11.3. The van der Waals surface area contributed by atoms with Gasteiger partial charge in [0.1, 0.15) is 0 Å². The molecule has 0 bridgehead atoms. The minimum Gasteiger partial charge on any atom is -0.361 e. The minimum absolute atomic E-state index is 0.0949. The Morgan fingerprint density at radius 2 is 1.80 bits per heavy atom. The molecule has 6 nitrogen and oxygen atoms in total. The van der Waals surface area contributed by atoms with Crippen LogP contribution in [-0.4, -0.2) is 27.7 Å². The average molecular weight is 507 g/mol. The van der Waals surface area contributed by atoms with E-state index >= 15 is 0 Å². The number of halogens is 2. The van der Waals surface area contributed by atoms with Gasteiger partial charge in [0.25, 0.3) is 0 Å². The second-order valence-corrected chi connectivity index (χ2v) is 9.65. The van der Waals surface area contributed by atoms with Crippen LogP contribution in [0.1, 0.15) is 22.3 Å². The van der Waals surface area contributed by atoms with Crippen molar-refractivity contribution < 1.29 is 9.59 Å². The van der Waals surface area contributed by atoms with Gasteiger partial charge in [0.15, 0.2) is 0 Å². The maximum Gasteiger partial charge on any atom is 0.240 e. The van der Waals surface area contributed by atoms with Crippen molar-refractivity contribution in [2.24, 2.45) is 5.73 Å². The summed E-state index contributed by atoms with van der Waals surface area (Å²) in [5.74, 6) is -0.236. The van der Waals surface area contributed by atoms with E-state index in [1.807, 2.05) is 48.7 Å². The number of carbonyl (C=O) groups excluding carboxylic acids is 2. The molecule has 1 unspecified atom stereocenters. The zero-order valence-electron chi connectivity index (χ0n) is 18.9. The summed E-state index contributed by atoms with van der Waals surface area (Å²) in [6.45, 7) is 0.933. The van der Waals surface area contributed by atoms with E-state index in [1.54, 1.807) is 23.1 Å². The van der Waals surface area contributed by atoms with E-state index in [0.717, 1.165) is 33.2 Å². The third kappa shape index (κ3) is 5.05. The van der Waals surface area contributed by atoms with Gasteiger partial charge >= 0.3 is 0 Å². The molecule has 2 heterocycles. The Morgan fingerprint density at radius 3 is 2.63 bits per heavy atom. The largest absolute Gasteiger partial charge is 0.361 e. The van der Waals surface area contributed by atoms with Crippen LogP contribution in [0.4, 0.5) is 5.69 Å². The molecule has 0 radical (unpaired) electrons. The molecule has 5 rings (SSSR count). The molecule has 1 aliphatic heterocycles. The van der Waals surface area contributed by atoms with E-state index in [9.17, 15) is 9.59 Å². The summed E-state index contributed by atoms with van der Waals surface area (Å²) < 4.78 is 0. The van der Waals surface area contributed by atoms with E-state index in [2.05, 4.69) is 10.3 Å². The van der Waals surface area contributed by atoms with Gasteiger partial charge in [-0.15, -0.1) is 0 Å². The Bertz CT molecular complexity index is 1430. The lowest BCUT2D eigenvalue weighted by atomic mass is 10.1. The lowest BCUT2D eigenvalue weighted by Crippen LogP contribution is -2.42. The Morgan fingerprint density at radius 1 is 1.00 bits per heavy atom. The SMILES string of the molecule is NC(Cc1ccc(Cl)cc1Cl)C(=O)N1Cc2ccc(NC(=O)Cc3c[nH]c4ccccc34)cc2C1. The molecule has 0 saturated heterocycles. The van der Waals surface area contributed by atoms with Crippen LogP contribution in [0.15, 0.2) is 66.9 Å². The standard InChI is InChI=1S/C27H24Cl2N4O2/c28-20-7-5-16(23(29)12-20)10-24(30)27(35)33-14-17-6-8-21(9-19(17)15-33)32-26(34)11-18-13-31-25-4-2-1-3-22(18)25/h1-9,12-13,24,31H,10-11,14-15,30H2,(H,32,34). The van der Waals surface area contributed by atoms with Crippen molar-refractivity contribution in [2.45, 2.75) is 32.0 Å². The van der Waals surface area contributed by atoms with Crippen LogP contribution in [0.2, 0.25) is 10.0 Å². The fraction of sp³-hybridized carbons (Fsp3) is 0.185. The van der Waals surface area contributed by atoms with Gasteiger partial charge in [-0.3, -0.25) is 9.59 Å². The molecule has 0 spiro atoms. The average Bonchev–Trinajstić information content (AvgIpc) is 3.44. The summed E-state index contributed by atoms with van der Waals surface area (Å²) in [5.41, 5.74) is 11.7. The monoisotopic (exact) mass is 506 g/mol. The van der Waals surface area contributed by atoms with Gasteiger partial charge in [-0.25, -0.2) is 0 Å². The summed E-state index contributed by atoms with van der Waals surface area (Å²) >= 11 is 12.2. The summed E-state index contributed by atoms with van der Waals surface area (Å²) in [4.78, 5) is 30.6. The Balaban J connectivity index is 1.21. The number of nitrogens with one attached hydrogen (secondary N) is 2. The highest BCUT2D eigenvalue weighted by atomic mass is 35.5. The summed E-state index contributed by atoms with van der Waals surface area (Å²) in [7, 11) is 0.